The lowest BCUT2D eigenvalue weighted by atomic mass is 10.1. The van der Waals surface area contributed by atoms with Gasteiger partial charge < -0.3 is 4.57 Å². The lowest BCUT2D eigenvalue weighted by Crippen LogP contribution is -2.05. The van der Waals surface area contributed by atoms with E-state index < -0.39 is 0 Å². The number of rotatable bonds is 6. The van der Waals surface area contributed by atoms with E-state index in [1.165, 1.54) is 5.56 Å². The van der Waals surface area contributed by atoms with Crippen LogP contribution in [0.4, 0.5) is 0 Å². The van der Waals surface area contributed by atoms with Crippen LogP contribution in [0.3, 0.4) is 0 Å². The van der Waals surface area contributed by atoms with E-state index in [-0.39, 0.29) is 12.4 Å². The van der Waals surface area contributed by atoms with Crippen molar-refractivity contribution < 1.29 is 4.79 Å². The number of aromatic nitrogens is 2. The first-order valence-electron chi connectivity index (χ1n) is 5.86. The van der Waals surface area contributed by atoms with Crippen molar-refractivity contribution in [1.29, 1.82) is 0 Å². The minimum atomic E-state index is 0. The van der Waals surface area contributed by atoms with Gasteiger partial charge in [-0.05, 0) is 12.0 Å². The Morgan fingerprint density at radius 2 is 1.94 bits per heavy atom. The quantitative estimate of drug-likeness (QED) is 0.804. The van der Waals surface area contributed by atoms with Crippen molar-refractivity contribution in [3.63, 3.8) is 0 Å². The number of benzene rings is 1. The average Bonchev–Trinajstić information content (AvgIpc) is 2.88. The molecule has 1 aromatic heterocycles. The molecular formula is C14H17ClN2O. The molecule has 0 unspecified atom stereocenters. The van der Waals surface area contributed by atoms with E-state index >= 15 is 0 Å². The number of nitrogens with zero attached hydrogens (tertiary/aromatic N) is 2. The molecule has 2 rings (SSSR count). The normalized spacial score (nSPS) is 9.78. The van der Waals surface area contributed by atoms with Gasteiger partial charge in [-0.25, -0.2) is 4.98 Å². The van der Waals surface area contributed by atoms with Crippen molar-refractivity contribution in [2.24, 2.45) is 0 Å². The number of ketones is 1. The number of carbonyl (C=O) groups excluding carboxylic acids is 1. The molecule has 0 aliphatic carbocycles. The summed E-state index contributed by atoms with van der Waals surface area (Å²) >= 11 is 0. The Balaban J connectivity index is 0.00000162. The molecular weight excluding hydrogens is 248 g/mol. The molecule has 1 heterocycles. The summed E-state index contributed by atoms with van der Waals surface area (Å²) in [6.07, 6.45) is 7.40. The van der Waals surface area contributed by atoms with Gasteiger partial charge in [0, 0.05) is 31.8 Å². The Kier molecular flexibility index (Phi) is 6.15. The van der Waals surface area contributed by atoms with E-state index in [0.717, 1.165) is 13.0 Å². The van der Waals surface area contributed by atoms with Gasteiger partial charge in [0.15, 0.2) is 0 Å². The van der Waals surface area contributed by atoms with Crippen molar-refractivity contribution >= 4 is 18.2 Å². The van der Waals surface area contributed by atoms with Gasteiger partial charge in [-0.3, -0.25) is 4.79 Å². The van der Waals surface area contributed by atoms with Crippen molar-refractivity contribution in [3.05, 3.63) is 54.6 Å². The van der Waals surface area contributed by atoms with Crippen molar-refractivity contribution in [2.45, 2.75) is 25.8 Å². The predicted octanol–water partition coefficient (Wildman–Crippen LogP) is 2.90. The molecule has 0 fully saturated rings. The van der Waals surface area contributed by atoms with Crippen molar-refractivity contribution in [2.75, 3.05) is 0 Å². The summed E-state index contributed by atoms with van der Waals surface area (Å²) in [5.74, 6) is 0.308. The molecule has 18 heavy (non-hydrogen) atoms. The number of Topliss-reactive ketones (excluding diaryl/α,β-unsaturated/α-hetero) is 1. The Morgan fingerprint density at radius 1 is 1.17 bits per heavy atom. The van der Waals surface area contributed by atoms with Gasteiger partial charge >= 0.3 is 0 Å². The maximum absolute atomic E-state index is 11.7. The van der Waals surface area contributed by atoms with Gasteiger partial charge in [0.2, 0.25) is 0 Å². The summed E-state index contributed by atoms with van der Waals surface area (Å²) in [6, 6.07) is 10.1. The second kappa shape index (κ2) is 7.67. The molecule has 0 amide bonds. The summed E-state index contributed by atoms with van der Waals surface area (Å²) in [5.41, 5.74) is 1.23. The number of imidazole rings is 1. The van der Waals surface area contributed by atoms with Crippen LogP contribution in [0.1, 0.15) is 18.4 Å². The summed E-state index contributed by atoms with van der Waals surface area (Å²) in [7, 11) is 0. The fourth-order valence-electron chi connectivity index (χ4n) is 1.73. The number of hydrogen-bond donors (Lipinski definition) is 0. The number of carbonyl (C=O) groups is 1. The fourth-order valence-corrected chi connectivity index (χ4v) is 1.73. The second-order valence-corrected chi connectivity index (χ2v) is 4.07. The van der Waals surface area contributed by atoms with Crippen LogP contribution in [0.5, 0.6) is 0 Å². The highest BCUT2D eigenvalue weighted by Crippen LogP contribution is 2.04. The molecule has 0 aliphatic rings. The highest BCUT2D eigenvalue weighted by atomic mass is 35.5. The maximum Gasteiger partial charge on any atom is 0.135 e. The summed E-state index contributed by atoms with van der Waals surface area (Å²) in [4.78, 5) is 15.6. The lowest BCUT2D eigenvalue weighted by Gasteiger charge is -2.02. The fraction of sp³-hybridized carbons (Fsp3) is 0.286. The van der Waals surface area contributed by atoms with E-state index in [1.807, 2.05) is 29.0 Å². The Bertz CT molecular complexity index is 454. The minimum absolute atomic E-state index is 0. The molecule has 1 aromatic carbocycles. The number of halogens is 1. The Labute approximate surface area is 113 Å². The van der Waals surface area contributed by atoms with Gasteiger partial charge in [-0.2, -0.15) is 0 Å². The van der Waals surface area contributed by atoms with Gasteiger partial charge in [-0.15, -0.1) is 12.4 Å². The minimum Gasteiger partial charge on any atom is -0.337 e. The van der Waals surface area contributed by atoms with E-state index in [9.17, 15) is 4.79 Å². The molecule has 2 aromatic rings. The van der Waals surface area contributed by atoms with Crippen molar-refractivity contribution in [3.8, 4) is 0 Å². The summed E-state index contributed by atoms with van der Waals surface area (Å²) < 4.78 is 1.93. The average molecular weight is 265 g/mol. The van der Waals surface area contributed by atoms with Gasteiger partial charge in [0.05, 0.1) is 6.33 Å². The third-order valence-electron chi connectivity index (χ3n) is 2.74. The SMILES string of the molecule is Cl.O=C(CCc1ccccc1)CCn1ccnc1. The molecule has 0 bridgehead atoms. The monoisotopic (exact) mass is 264 g/mol. The molecule has 0 aliphatic heterocycles. The molecule has 0 radical (unpaired) electrons. The van der Waals surface area contributed by atoms with Gasteiger partial charge in [0.1, 0.15) is 5.78 Å². The van der Waals surface area contributed by atoms with Crippen LogP contribution < -0.4 is 0 Å². The first-order chi connectivity index (χ1) is 8.34. The van der Waals surface area contributed by atoms with E-state index in [4.69, 9.17) is 0 Å². The van der Waals surface area contributed by atoms with Crippen LogP contribution in [0.2, 0.25) is 0 Å². The molecule has 3 nitrogen and oxygen atoms in total. The van der Waals surface area contributed by atoms with Crippen LogP contribution >= 0.6 is 12.4 Å². The highest BCUT2D eigenvalue weighted by molar-refractivity contribution is 5.85. The summed E-state index contributed by atoms with van der Waals surface area (Å²) in [5, 5.41) is 0. The van der Waals surface area contributed by atoms with Crippen LogP contribution in [0, 0.1) is 0 Å². The molecule has 0 atom stereocenters. The molecule has 96 valence electrons. The zero-order chi connectivity index (χ0) is 11.9. The molecule has 0 saturated heterocycles. The Morgan fingerprint density at radius 3 is 2.61 bits per heavy atom. The van der Waals surface area contributed by atoms with E-state index in [1.54, 1.807) is 12.5 Å². The lowest BCUT2D eigenvalue weighted by molar-refractivity contribution is -0.119. The van der Waals surface area contributed by atoms with Crippen LogP contribution in [-0.2, 0) is 17.8 Å². The smallest absolute Gasteiger partial charge is 0.135 e. The molecule has 4 heteroatoms. The van der Waals surface area contributed by atoms with Crippen LogP contribution in [0.15, 0.2) is 49.1 Å². The van der Waals surface area contributed by atoms with Crippen LogP contribution in [-0.4, -0.2) is 15.3 Å². The molecule has 0 spiro atoms. The molecule has 0 N–H and O–H groups in total. The maximum atomic E-state index is 11.7. The third-order valence-corrected chi connectivity index (χ3v) is 2.74. The Hall–Kier alpha value is -1.61. The first-order valence-corrected chi connectivity index (χ1v) is 5.86. The number of aryl methyl sites for hydroxylation is 2. The van der Waals surface area contributed by atoms with Gasteiger partial charge in [0.25, 0.3) is 0 Å². The third kappa shape index (κ3) is 4.72. The first kappa shape index (κ1) is 14.5. The standard InChI is InChI=1S/C14H16N2O.ClH/c17-14(8-10-16-11-9-15-12-16)7-6-13-4-2-1-3-5-13;/h1-5,9,11-12H,6-8,10H2;1H. The van der Waals surface area contributed by atoms with Gasteiger partial charge in [-0.1, -0.05) is 30.3 Å². The predicted molar refractivity (Wildman–Crippen MR) is 73.9 cm³/mol. The summed E-state index contributed by atoms with van der Waals surface area (Å²) in [6.45, 7) is 0.730. The second-order valence-electron chi connectivity index (χ2n) is 4.07. The molecule has 0 saturated carbocycles. The highest BCUT2D eigenvalue weighted by Gasteiger charge is 2.02. The number of hydrogen-bond acceptors (Lipinski definition) is 2. The zero-order valence-corrected chi connectivity index (χ0v) is 11.0. The van der Waals surface area contributed by atoms with E-state index in [2.05, 4.69) is 17.1 Å². The largest absolute Gasteiger partial charge is 0.337 e. The van der Waals surface area contributed by atoms with E-state index in [0.29, 0.717) is 18.6 Å². The van der Waals surface area contributed by atoms with Crippen molar-refractivity contribution in [1.82, 2.24) is 9.55 Å². The zero-order valence-electron chi connectivity index (χ0n) is 10.2. The van der Waals surface area contributed by atoms with Crippen LogP contribution in [0.25, 0.3) is 0 Å². The topological polar surface area (TPSA) is 34.9 Å².